The van der Waals surface area contributed by atoms with Crippen LogP contribution in [0.5, 0.6) is 0 Å². The molecule has 164 valence electrons. The van der Waals surface area contributed by atoms with Gasteiger partial charge in [-0.1, -0.05) is 13.8 Å². The smallest absolute Gasteiger partial charge is 0.274 e. The molecule has 2 bridgehead atoms. The van der Waals surface area contributed by atoms with Crippen molar-refractivity contribution in [3.63, 3.8) is 0 Å². The van der Waals surface area contributed by atoms with Gasteiger partial charge in [0, 0.05) is 50.8 Å². The van der Waals surface area contributed by atoms with Gasteiger partial charge in [0.1, 0.15) is 0 Å². The lowest BCUT2D eigenvalue weighted by Crippen LogP contribution is -2.67. The summed E-state index contributed by atoms with van der Waals surface area (Å²) in [4.78, 5) is 42.2. The van der Waals surface area contributed by atoms with Gasteiger partial charge in [-0.2, -0.15) is 5.10 Å². The fourth-order valence-corrected chi connectivity index (χ4v) is 5.44. The number of hydrogen-bond donors (Lipinski definition) is 1. The average Bonchev–Trinajstić information content (AvgIpc) is 3.05. The molecule has 30 heavy (non-hydrogen) atoms. The summed E-state index contributed by atoms with van der Waals surface area (Å²) in [6.45, 7) is 7.41. The zero-order chi connectivity index (χ0) is 21.6. The van der Waals surface area contributed by atoms with Crippen LogP contribution in [-0.2, 0) is 16.6 Å². The molecule has 4 heterocycles. The molecule has 0 spiro atoms. The molecular formula is C22H33N5O3. The zero-order valence-corrected chi connectivity index (χ0v) is 18.4. The number of piperidine rings is 3. The standard InChI is InChI=1S/C22H33N5O3/c1-13(2)21(29)23-10-19-16-9-15(18-6-5-7-20(28)27(18)19)11-26(12-16)22(30)17-8-14(3)25(4)24-17/h8,13,15-16,18-19H,5-7,9-12H2,1-4H3,(H,23,29)/t15-,16+,18+,19+/m1/s1. The van der Waals surface area contributed by atoms with Crippen LogP contribution < -0.4 is 5.32 Å². The number of rotatable bonds is 4. The fraction of sp³-hybridized carbons (Fsp3) is 0.727. The van der Waals surface area contributed by atoms with Gasteiger partial charge in [-0.3, -0.25) is 19.1 Å². The highest BCUT2D eigenvalue weighted by Crippen LogP contribution is 2.41. The monoisotopic (exact) mass is 415 g/mol. The van der Waals surface area contributed by atoms with Crippen molar-refractivity contribution in [2.45, 2.75) is 58.5 Å². The van der Waals surface area contributed by atoms with Gasteiger partial charge < -0.3 is 15.1 Å². The van der Waals surface area contributed by atoms with E-state index < -0.39 is 0 Å². The molecule has 0 saturated carbocycles. The highest BCUT2D eigenvalue weighted by atomic mass is 16.2. The predicted octanol–water partition coefficient (Wildman–Crippen LogP) is 1.34. The van der Waals surface area contributed by atoms with Crippen LogP contribution in [0.3, 0.4) is 0 Å². The number of fused-ring (bicyclic) bond motifs is 4. The van der Waals surface area contributed by atoms with Gasteiger partial charge in [0.25, 0.3) is 5.91 Å². The number of likely N-dealkylation sites (tertiary alicyclic amines) is 1. The SMILES string of the molecule is Cc1cc(C(=O)N2C[C@H]3C[C@@H](C2)[C@H](CNC(=O)C(C)C)N2C(=O)CCC[C@@H]32)nn1C. The normalized spacial score (nSPS) is 28.5. The number of aromatic nitrogens is 2. The Morgan fingerprint density at radius 2 is 2.00 bits per heavy atom. The lowest BCUT2D eigenvalue weighted by molar-refractivity contribution is -0.152. The molecule has 3 aliphatic heterocycles. The summed E-state index contributed by atoms with van der Waals surface area (Å²) in [5, 5.41) is 7.42. The zero-order valence-electron chi connectivity index (χ0n) is 18.4. The fourth-order valence-electron chi connectivity index (χ4n) is 5.44. The van der Waals surface area contributed by atoms with E-state index in [9.17, 15) is 14.4 Å². The van der Waals surface area contributed by atoms with Gasteiger partial charge in [-0.25, -0.2) is 0 Å². The molecule has 0 radical (unpaired) electrons. The second kappa shape index (κ2) is 8.04. The molecule has 0 aromatic carbocycles. The highest BCUT2D eigenvalue weighted by Gasteiger charge is 2.50. The summed E-state index contributed by atoms with van der Waals surface area (Å²) >= 11 is 0. The minimum atomic E-state index is -0.0916. The van der Waals surface area contributed by atoms with Gasteiger partial charge in [0.15, 0.2) is 5.69 Å². The Bertz CT molecular complexity index is 828. The van der Waals surface area contributed by atoms with E-state index in [1.807, 2.05) is 38.8 Å². The lowest BCUT2D eigenvalue weighted by atomic mass is 9.72. The molecule has 3 fully saturated rings. The Labute approximate surface area is 178 Å². The summed E-state index contributed by atoms with van der Waals surface area (Å²) in [6.07, 6.45) is 3.46. The van der Waals surface area contributed by atoms with E-state index in [2.05, 4.69) is 15.3 Å². The van der Waals surface area contributed by atoms with Gasteiger partial charge in [0.05, 0.1) is 6.04 Å². The minimum absolute atomic E-state index is 0.00540. The molecule has 8 heteroatoms. The number of nitrogens with one attached hydrogen (secondary N) is 1. The molecule has 4 atom stereocenters. The maximum atomic E-state index is 13.2. The Morgan fingerprint density at radius 1 is 1.27 bits per heavy atom. The maximum absolute atomic E-state index is 13.2. The first kappa shape index (κ1) is 20.9. The maximum Gasteiger partial charge on any atom is 0.274 e. The average molecular weight is 416 g/mol. The molecule has 8 nitrogen and oxygen atoms in total. The van der Waals surface area contributed by atoms with Crippen molar-refractivity contribution in [2.75, 3.05) is 19.6 Å². The molecule has 1 aromatic rings. The number of aryl methyl sites for hydroxylation is 2. The number of carbonyl (C=O) groups is 3. The Balaban J connectivity index is 1.57. The van der Waals surface area contributed by atoms with Crippen molar-refractivity contribution in [1.82, 2.24) is 24.9 Å². The summed E-state index contributed by atoms with van der Waals surface area (Å²) in [7, 11) is 1.84. The van der Waals surface area contributed by atoms with E-state index in [0.29, 0.717) is 37.7 Å². The van der Waals surface area contributed by atoms with Gasteiger partial charge in [-0.15, -0.1) is 0 Å². The first-order valence-corrected chi connectivity index (χ1v) is 11.1. The lowest BCUT2D eigenvalue weighted by Gasteiger charge is -2.56. The van der Waals surface area contributed by atoms with Gasteiger partial charge in [-0.05, 0) is 44.1 Å². The molecule has 0 unspecified atom stereocenters. The Morgan fingerprint density at radius 3 is 2.67 bits per heavy atom. The van der Waals surface area contributed by atoms with Crippen molar-refractivity contribution >= 4 is 17.7 Å². The van der Waals surface area contributed by atoms with Gasteiger partial charge >= 0.3 is 0 Å². The number of hydrogen-bond acceptors (Lipinski definition) is 4. The summed E-state index contributed by atoms with van der Waals surface area (Å²) in [5.41, 5.74) is 1.44. The molecule has 3 saturated heterocycles. The van der Waals surface area contributed by atoms with E-state index in [1.165, 1.54) is 0 Å². The van der Waals surface area contributed by atoms with Crippen LogP contribution in [0.25, 0.3) is 0 Å². The minimum Gasteiger partial charge on any atom is -0.354 e. The Hall–Kier alpha value is -2.38. The predicted molar refractivity (Wildman–Crippen MR) is 112 cm³/mol. The number of amides is 3. The third kappa shape index (κ3) is 3.72. The summed E-state index contributed by atoms with van der Waals surface area (Å²) in [6, 6.07) is 1.94. The van der Waals surface area contributed by atoms with E-state index in [1.54, 1.807) is 4.68 Å². The van der Waals surface area contributed by atoms with E-state index in [-0.39, 0.29) is 41.6 Å². The van der Waals surface area contributed by atoms with Crippen molar-refractivity contribution in [1.29, 1.82) is 0 Å². The van der Waals surface area contributed by atoms with Crippen LogP contribution >= 0.6 is 0 Å². The topological polar surface area (TPSA) is 87.5 Å². The second-order valence-electron chi connectivity index (χ2n) is 9.49. The van der Waals surface area contributed by atoms with Crippen LogP contribution in [0.1, 0.15) is 55.7 Å². The largest absolute Gasteiger partial charge is 0.354 e. The quantitative estimate of drug-likeness (QED) is 0.804. The molecule has 0 aliphatic carbocycles. The summed E-state index contributed by atoms with van der Waals surface area (Å²) in [5.74, 6) is 0.540. The molecular weight excluding hydrogens is 382 g/mol. The summed E-state index contributed by atoms with van der Waals surface area (Å²) < 4.78 is 1.73. The highest BCUT2D eigenvalue weighted by molar-refractivity contribution is 5.92. The van der Waals surface area contributed by atoms with Gasteiger partial charge in [0.2, 0.25) is 11.8 Å². The first-order chi connectivity index (χ1) is 14.3. The molecule has 3 aliphatic rings. The van der Waals surface area contributed by atoms with E-state index >= 15 is 0 Å². The molecule has 1 aromatic heterocycles. The van der Waals surface area contributed by atoms with Crippen LogP contribution in [0, 0.1) is 24.7 Å². The van der Waals surface area contributed by atoms with Crippen LogP contribution in [0.4, 0.5) is 0 Å². The van der Waals surface area contributed by atoms with Crippen LogP contribution in [-0.4, -0.2) is 69.0 Å². The van der Waals surface area contributed by atoms with Crippen molar-refractivity contribution < 1.29 is 14.4 Å². The molecule has 4 rings (SSSR count). The van der Waals surface area contributed by atoms with Crippen molar-refractivity contribution in [3.05, 3.63) is 17.5 Å². The van der Waals surface area contributed by atoms with Crippen LogP contribution in [0.2, 0.25) is 0 Å². The molecule has 3 amide bonds. The third-order valence-electron chi connectivity index (χ3n) is 7.13. The number of carbonyl (C=O) groups excluding carboxylic acids is 3. The molecule has 1 N–H and O–H groups in total. The second-order valence-corrected chi connectivity index (χ2v) is 9.49. The Kier molecular flexibility index (Phi) is 5.59. The van der Waals surface area contributed by atoms with E-state index in [0.717, 1.165) is 25.0 Å². The van der Waals surface area contributed by atoms with Crippen LogP contribution in [0.15, 0.2) is 6.07 Å². The van der Waals surface area contributed by atoms with Crippen molar-refractivity contribution in [3.8, 4) is 0 Å². The van der Waals surface area contributed by atoms with E-state index in [4.69, 9.17) is 0 Å². The number of nitrogens with zero attached hydrogens (tertiary/aromatic N) is 4. The third-order valence-corrected chi connectivity index (χ3v) is 7.13. The van der Waals surface area contributed by atoms with Crippen molar-refractivity contribution in [2.24, 2.45) is 24.8 Å². The first-order valence-electron chi connectivity index (χ1n) is 11.1.